The van der Waals surface area contributed by atoms with Crippen molar-refractivity contribution >= 4 is 28.6 Å². The van der Waals surface area contributed by atoms with Crippen LogP contribution in [0.1, 0.15) is 15.4 Å². The molecule has 106 valence electrons. The summed E-state index contributed by atoms with van der Waals surface area (Å²) in [5.41, 5.74) is 2.85. The molecule has 1 aromatic carbocycles. The summed E-state index contributed by atoms with van der Waals surface area (Å²) in [7, 11) is 0. The van der Waals surface area contributed by atoms with Crippen LogP contribution in [0.4, 0.5) is 0 Å². The normalized spacial score (nSPS) is 10.5. The summed E-state index contributed by atoms with van der Waals surface area (Å²) < 4.78 is 0. The first kappa shape index (κ1) is 14.0. The van der Waals surface area contributed by atoms with Crippen LogP contribution in [-0.4, -0.2) is 17.4 Å². The van der Waals surface area contributed by atoms with E-state index in [9.17, 15) is 4.79 Å². The Hall–Kier alpha value is -1.98. The molecule has 1 N–H and O–H groups in total. The number of hydrogen-bond acceptors (Lipinski definition) is 4. The number of carbonyl (C=O) groups excluding carboxylic acids is 1. The van der Waals surface area contributed by atoms with Gasteiger partial charge in [0.05, 0.1) is 10.7 Å². The smallest absolute Gasteiger partial charge is 0.252 e. The van der Waals surface area contributed by atoms with Crippen molar-refractivity contribution in [2.24, 2.45) is 0 Å². The lowest BCUT2D eigenvalue weighted by molar-refractivity contribution is 0.0954. The van der Waals surface area contributed by atoms with Crippen LogP contribution in [-0.2, 0) is 6.42 Å². The van der Waals surface area contributed by atoms with Gasteiger partial charge in [-0.15, -0.1) is 11.3 Å². The number of amides is 1. The Kier molecular flexibility index (Phi) is 4.43. The minimum absolute atomic E-state index is 0.0175. The highest BCUT2D eigenvalue weighted by Gasteiger charge is 2.07. The van der Waals surface area contributed by atoms with Crippen molar-refractivity contribution < 1.29 is 4.79 Å². The van der Waals surface area contributed by atoms with Crippen molar-refractivity contribution in [2.45, 2.75) is 6.42 Å². The predicted octanol–water partition coefficient (Wildman–Crippen LogP) is 3.84. The molecular weight excluding hydrogens is 300 g/mol. The van der Waals surface area contributed by atoms with E-state index in [-0.39, 0.29) is 5.91 Å². The number of thiophene rings is 1. The van der Waals surface area contributed by atoms with Crippen LogP contribution in [0.3, 0.4) is 0 Å². The Labute approximate surface area is 131 Å². The lowest BCUT2D eigenvalue weighted by Crippen LogP contribution is -2.25. The largest absolute Gasteiger partial charge is 0.352 e. The molecule has 0 aliphatic rings. The number of nitrogens with one attached hydrogen (secondary N) is 1. The summed E-state index contributed by atoms with van der Waals surface area (Å²) in [5.74, 6) is -0.0175. The van der Waals surface area contributed by atoms with Gasteiger partial charge in [0.25, 0.3) is 5.91 Å². The van der Waals surface area contributed by atoms with Gasteiger partial charge in [-0.2, -0.15) is 11.3 Å². The molecule has 5 heteroatoms. The van der Waals surface area contributed by atoms with E-state index in [0.29, 0.717) is 6.54 Å². The van der Waals surface area contributed by atoms with Crippen LogP contribution in [0, 0.1) is 0 Å². The second kappa shape index (κ2) is 6.65. The van der Waals surface area contributed by atoms with E-state index in [0.717, 1.165) is 28.2 Å². The van der Waals surface area contributed by atoms with E-state index in [1.54, 1.807) is 11.3 Å². The van der Waals surface area contributed by atoms with Crippen molar-refractivity contribution in [3.8, 4) is 11.3 Å². The maximum absolute atomic E-state index is 11.8. The Morgan fingerprint density at radius 2 is 2.00 bits per heavy atom. The van der Waals surface area contributed by atoms with Gasteiger partial charge >= 0.3 is 0 Å². The first-order valence-electron chi connectivity index (χ1n) is 6.63. The van der Waals surface area contributed by atoms with Gasteiger partial charge in [-0.25, -0.2) is 4.98 Å². The van der Waals surface area contributed by atoms with Crippen molar-refractivity contribution in [1.29, 1.82) is 0 Å². The first-order chi connectivity index (χ1) is 10.3. The molecule has 0 unspecified atom stereocenters. The molecular formula is C16H14N2OS2. The topological polar surface area (TPSA) is 42.0 Å². The van der Waals surface area contributed by atoms with E-state index in [1.807, 2.05) is 35.0 Å². The summed E-state index contributed by atoms with van der Waals surface area (Å²) in [5, 5.41) is 9.78. The van der Waals surface area contributed by atoms with E-state index in [2.05, 4.69) is 27.8 Å². The first-order valence-corrected chi connectivity index (χ1v) is 8.45. The van der Waals surface area contributed by atoms with Crippen molar-refractivity contribution in [2.75, 3.05) is 6.54 Å². The molecule has 0 saturated heterocycles. The third-order valence-corrected chi connectivity index (χ3v) is 4.62. The van der Waals surface area contributed by atoms with Gasteiger partial charge in [0.2, 0.25) is 0 Å². The minimum Gasteiger partial charge on any atom is -0.352 e. The number of aromatic nitrogens is 1. The van der Waals surface area contributed by atoms with Gasteiger partial charge in [-0.05, 0) is 11.4 Å². The molecule has 2 aromatic heterocycles. The minimum atomic E-state index is -0.0175. The zero-order chi connectivity index (χ0) is 14.5. The molecule has 0 fully saturated rings. The number of benzene rings is 1. The van der Waals surface area contributed by atoms with Gasteiger partial charge in [0.1, 0.15) is 0 Å². The van der Waals surface area contributed by atoms with Crippen molar-refractivity contribution in [3.63, 3.8) is 0 Å². The van der Waals surface area contributed by atoms with Crippen molar-refractivity contribution in [3.05, 3.63) is 63.1 Å². The van der Waals surface area contributed by atoms with Crippen molar-refractivity contribution in [1.82, 2.24) is 10.3 Å². The van der Waals surface area contributed by atoms with Gasteiger partial charge in [-0.1, -0.05) is 30.3 Å². The average molecular weight is 314 g/mol. The van der Waals surface area contributed by atoms with E-state index in [1.165, 1.54) is 11.3 Å². The van der Waals surface area contributed by atoms with Gasteiger partial charge < -0.3 is 5.32 Å². The number of nitrogens with zero attached hydrogens (tertiary/aromatic N) is 1. The fraction of sp³-hybridized carbons (Fsp3) is 0.125. The third kappa shape index (κ3) is 3.56. The van der Waals surface area contributed by atoms with Crippen LogP contribution in [0.15, 0.2) is 52.5 Å². The molecule has 3 rings (SSSR count). The molecule has 0 bridgehead atoms. The number of rotatable bonds is 5. The lowest BCUT2D eigenvalue weighted by Gasteiger charge is -2.01. The molecule has 0 aliphatic heterocycles. The molecule has 0 atom stereocenters. The highest BCUT2D eigenvalue weighted by atomic mass is 32.1. The fourth-order valence-electron chi connectivity index (χ4n) is 1.95. The summed E-state index contributed by atoms with van der Waals surface area (Å²) in [6.45, 7) is 0.608. The maximum atomic E-state index is 11.8. The van der Waals surface area contributed by atoms with E-state index < -0.39 is 0 Å². The van der Waals surface area contributed by atoms with Crippen LogP contribution >= 0.6 is 22.7 Å². The van der Waals surface area contributed by atoms with Crippen LogP contribution in [0.2, 0.25) is 0 Å². The number of thiazole rings is 1. The van der Waals surface area contributed by atoms with Gasteiger partial charge in [-0.3, -0.25) is 4.79 Å². The molecule has 2 heterocycles. The molecule has 0 saturated carbocycles. The molecule has 0 radical (unpaired) electrons. The Balaban J connectivity index is 1.55. The quantitative estimate of drug-likeness (QED) is 0.777. The highest BCUT2D eigenvalue weighted by molar-refractivity contribution is 7.10. The Morgan fingerprint density at radius 3 is 2.76 bits per heavy atom. The lowest BCUT2D eigenvalue weighted by atomic mass is 10.2. The molecule has 3 nitrogen and oxygen atoms in total. The number of hydrogen-bond donors (Lipinski definition) is 1. The molecule has 0 aliphatic carbocycles. The van der Waals surface area contributed by atoms with Crippen LogP contribution in [0.5, 0.6) is 0 Å². The predicted molar refractivity (Wildman–Crippen MR) is 87.9 cm³/mol. The van der Waals surface area contributed by atoms with Crippen LogP contribution in [0.25, 0.3) is 11.3 Å². The summed E-state index contributed by atoms with van der Waals surface area (Å²) in [6, 6.07) is 12.0. The second-order valence-electron chi connectivity index (χ2n) is 4.51. The van der Waals surface area contributed by atoms with Crippen LogP contribution < -0.4 is 5.32 Å². The zero-order valence-electron chi connectivity index (χ0n) is 11.3. The molecule has 1 amide bonds. The zero-order valence-corrected chi connectivity index (χ0v) is 12.9. The Morgan fingerprint density at radius 1 is 1.14 bits per heavy atom. The summed E-state index contributed by atoms with van der Waals surface area (Å²) >= 11 is 3.16. The fourth-order valence-corrected chi connectivity index (χ4v) is 3.39. The maximum Gasteiger partial charge on any atom is 0.252 e. The highest BCUT2D eigenvalue weighted by Crippen LogP contribution is 2.21. The molecule has 21 heavy (non-hydrogen) atoms. The average Bonchev–Trinajstić information content (AvgIpc) is 3.20. The second-order valence-corrected chi connectivity index (χ2v) is 6.23. The standard InChI is InChI=1S/C16H14N2OS2/c19-16(13-7-9-20-10-13)17-8-6-15-18-14(11-21-15)12-4-2-1-3-5-12/h1-5,7,9-11H,6,8H2,(H,17,19). The van der Waals surface area contributed by atoms with Gasteiger partial charge in [0.15, 0.2) is 0 Å². The Bertz CT molecular complexity index is 705. The van der Waals surface area contributed by atoms with Gasteiger partial charge in [0, 0.05) is 34.9 Å². The summed E-state index contributed by atoms with van der Waals surface area (Å²) in [6.07, 6.45) is 0.757. The van der Waals surface area contributed by atoms with E-state index in [4.69, 9.17) is 0 Å². The van der Waals surface area contributed by atoms with E-state index >= 15 is 0 Å². The molecule has 3 aromatic rings. The summed E-state index contributed by atoms with van der Waals surface area (Å²) in [4.78, 5) is 16.4. The molecule has 0 spiro atoms. The monoisotopic (exact) mass is 314 g/mol. The number of carbonyl (C=O) groups is 1. The third-order valence-electron chi connectivity index (χ3n) is 3.03. The SMILES string of the molecule is O=C(NCCc1nc(-c2ccccc2)cs1)c1ccsc1.